The Kier molecular flexibility index (Phi) is 5.90. The van der Waals surface area contributed by atoms with Gasteiger partial charge in [0.1, 0.15) is 12.4 Å². The van der Waals surface area contributed by atoms with Crippen LogP contribution in [0.3, 0.4) is 0 Å². The molecular weight excluding hydrogens is 202 g/mol. The van der Waals surface area contributed by atoms with Crippen LogP contribution in [-0.4, -0.2) is 25.9 Å². The highest BCUT2D eigenvalue weighted by Gasteiger charge is 1.97. The average molecular weight is 223 g/mol. The Labute approximate surface area is 97.6 Å². The Morgan fingerprint density at radius 2 is 2.06 bits per heavy atom. The summed E-state index contributed by atoms with van der Waals surface area (Å²) in [5, 5.41) is 0. The Balaban J connectivity index is 2.33. The smallest absolute Gasteiger partial charge is 0.119 e. The number of hydrogen-bond donors (Lipinski definition) is 1. The molecule has 1 rings (SSSR count). The second-order valence-electron chi connectivity index (χ2n) is 3.95. The molecular formula is C13H21NO2. The highest BCUT2D eigenvalue weighted by molar-refractivity contribution is 5.28. The van der Waals surface area contributed by atoms with Crippen molar-refractivity contribution < 1.29 is 9.47 Å². The van der Waals surface area contributed by atoms with Gasteiger partial charge in [0.05, 0.1) is 12.7 Å². The molecule has 0 radical (unpaired) electrons. The Bertz CT molecular complexity index is 300. The molecule has 16 heavy (non-hydrogen) atoms. The van der Waals surface area contributed by atoms with Gasteiger partial charge in [0, 0.05) is 0 Å². The molecule has 1 aromatic rings. The van der Waals surface area contributed by atoms with Crippen molar-refractivity contribution >= 4 is 0 Å². The van der Waals surface area contributed by atoms with Gasteiger partial charge in [-0.2, -0.15) is 0 Å². The maximum Gasteiger partial charge on any atom is 0.119 e. The SMILES string of the molecule is CC(C)OCCOc1cccc(CCN)c1. The molecule has 90 valence electrons. The van der Waals surface area contributed by atoms with Gasteiger partial charge in [-0.25, -0.2) is 0 Å². The summed E-state index contributed by atoms with van der Waals surface area (Å²) in [6.45, 7) is 5.91. The quantitative estimate of drug-likeness (QED) is 0.719. The van der Waals surface area contributed by atoms with Gasteiger partial charge in [0.15, 0.2) is 0 Å². The molecule has 0 aliphatic rings. The standard InChI is InChI=1S/C13H21NO2/c1-11(2)15-8-9-16-13-5-3-4-12(10-13)6-7-14/h3-5,10-11H,6-9,14H2,1-2H3. The molecule has 2 N–H and O–H groups in total. The van der Waals surface area contributed by atoms with Gasteiger partial charge in [0.2, 0.25) is 0 Å². The molecule has 0 saturated carbocycles. The van der Waals surface area contributed by atoms with Crippen LogP contribution in [0.4, 0.5) is 0 Å². The topological polar surface area (TPSA) is 44.5 Å². The van der Waals surface area contributed by atoms with Crippen LogP contribution in [0.1, 0.15) is 19.4 Å². The fourth-order valence-electron chi connectivity index (χ4n) is 1.40. The first-order valence-electron chi connectivity index (χ1n) is 5.76. The number of hydrogen-bond acceptors (Lipinski definition) is 3. The van der Waals surface area contributed by atoms with Crippen molar-refractivity contribution in [2.24, 2.45) is 5.73 Å². The highest BCUT2D eigenvalue weighted by atomic mass is 16.5. The second kappa shape index (κ2) is 7.25. The first kappa shape index (κ1) is 13.0. The van der Waals surface area contributed by atoms with Crippen LogP contribution in [0.15, 0.2) is 24.3 Å². The molecule has 0 amide bonds. The van der Waals surface area contributed by atoms with E-state index in [2.05, 4.69) is 6.07 Å². The van der Waals surface area contributed by atoms with Crippen molar-refractivity contribution in [2.75, 3.05) is 19.8 Å². The van der Waals surface area contributed by atoms with Gasteiger partial charge in [-0.05, 0) is 44.5 Å². The van der Waals surface area contributed by atoms with Crippen molar-refractivity contribution in [2.45, 2.75) is 26.4 Å². The molecule has 3 heteroatoms. The minimum absolute atomic E-state index is 0.257. The second-order valence-corrected chi connectivity index (χ2v) is 3.95. The summed E-state index contributed by atoms with van der Waals surface area (Å²) in [5.74, 6) is 0.887. The molecule has 0 spiro atoms. The monoisotopic (exact) mass is 223 g/mol. The third kappa shape index (κ3) is 5.14. The van der Waals surface area contributed by atoms with Crippen molar-refractivity contribution in [1.29, 1.82) is 0 Å². The molecule has 0 heterocycles. The zero-order valence-electron chi connectivity index (χ0n) is 10.1. The van der Waals surface area contributed by atoms with Gasteiger partial charge in [-0.3, -0.25) is 0 Å². The van der Waals surface area contributed by atoms with Gasteiger partial charge in [-0.1, -0.05) is 12.1 Å². The minimum Gasteiger partial charge on any atom is -0.491 e. The molecule has 0 unspecified atom stereocenters. The lowest BCUT2D eigenvalue weighted by Crippen LogP contribution is -2.11. The van der Waals surface area contributed by atoms with E-state index in [4.69, 9.17) is 15.2 Å². The van der Waals surface area contributed by atoms with Gasteiger partial charge >= 0.3 is 0 Å². The predicted octanol–water partition coefficient (Wildman–Crippen LogP) is 1.99. The highest BCUT2D eigenvalue weighted by Crippen LogP contribution is 2.13. The molecule has 0 atom stereocenters. The lowest BCUT2D eigenvalue weighted by Gasteiger charge is -2.10. The summed E-state index contributed by atoms with van der Waals surface area (Å²) in [5.41, 5.74) is 6.72. The van der Waals surface area contributed by atoms with Crippen LogP contribution in [-0.2, 0) is 11.2 Å². The summed E-state index contributed by atoms with van der Waals surface area (Å²) in [4.78, 5) is 0. The van der Waals surface area contributed by atoms with E-state index in [9.17, 15) is 0 Å². The van der Waals surface area contributed by atoms with E-state index in [1.165, 1.54) is 5.56 Å². The molecule has 0 bridgehead atoms. The lowest BCUT2D eigenvalue weighted by atomic mass is 10.1. The van der Waals surface area contributed by atoms with Crippen LogP contribution in [0.25, 0.3) is 0 Å². The fraction of sp³-hybridized carbons (Fsp3) is 0.538. The molecule has 0 aromatic heterocycles. The number of nitrogens with two attached hydrogens (primary N) is 1. The maximum absolute atomic E-state index is 5.58. The molecule has 0 saturated heterocycles. The van der Waals surface area contributed by atoms with Gasteiger partial charge in [0.25, 0.3) is 0 Å². The molecule has 1 aromatic carbocycles. The normalized spacial score (nSPS) is 10.8. The van der Waals surface area contributed by atoms with Crippen LogP contribution in [0.2, 0.25) is 0 Å². The minimum atomic E-state index is 0.257. The Morgan fingerprint density at radius 1 is 1.25 bits per heavy atom. The molecule has 0 aliphatic heterocycles. The van der Waals surface area contributed by atoms with Crippen LogP contribution in [0.5, 0.6) is 5.75 Å². The zero-order chi connectivity index (χ0) is 11.8. The van der Waals surface area contributed by atoms with Gasteiger partial charge in [-0.15, -0.1) is 0 Å². The summed E-state index contributed by atoms with van der Waals surface area (Å²) in [6, 6.07) is 8.03. The van der Waals surface area contributed by atoms with E-state index >= 15 is 0 Å². The van der Waals surface area contributed by atoms with E-state index in [0.29, 0.717) is 19.8 Å². The van der Waals surface area contributed by atoms with Crippen molar-refractivity contribution in [3.8, 4) is 5.75 Å². The third-order valence-corrected chi connectivity index (χ3v) is 2.13. The lowest BCUT2D eigenvalue weighted by molar-refractivity contribution is 0.0552. The molecule has 3 nitrogen and oxygen atoms in total. The van der Waals surface area contributed by atoms with E-state index in [0.717, 1.165) is 12.2 Å². The molecule has 0 aliphatic carbocycles. The Hall–Kier alpha value is -1.06. The first-order chi connectivity index (χ1) is 7.72. The zero-order valence-corrected chi connectivity index (χ0v) is 10.1. The van der Waals surface area contributed by atoms with Gasteiger partial charge < -0.3 is 15.2 Å². The third-order valence-electron chi connectivity index (χ3n) is 2.13. The van der Waals surface area contributed by atoms with Crippen LogP contribution >= 0.6 is 0 Å². The summed E-state index contributed by atoms with van der Waals surface area (Å²) < 4.78 is 11.0. The Morgan fingerprint density at radius 3 is 2.75 bits per heavy atom. The number of ether oxygens (including phenoxy) is 2. The van der Waals surface area contributed by atoms with E-state index in [1.54, 1.807) is 0 Å². The largest absolute Gasteiger partial charge is 0.491 e. The number of rotatable bonds is 7. The first-order valence-corrected chi connectivity index (χ1v) is 5.76. The molecule has 0 fully saturated rings. The van der Waals surface area contributed by atoms with Crippen molar-refractivity contribution in [3.05, 3.63) is 29.8 Å². The predicted molar refractivity (Wildman–Crippen MR) is 65.8 cm³/mol. The maximum atomic E-state index is 5.58. The fourth-order valence-corrected chi connectivity index (χ4v) is 1.40. The van der Waals surface area contributed by atoms with E-state index < -0.39 is 0 Å². The van der Waals surface area contributed by atoms with Crippen molar-refractivity contribution in [3.63, 3.8) is 0 Å². The number of benzene rings is 1. The van der Waals surface area contributed by atoms with E-state index in [1.807, 2.05) is 32.0 Å². The summed E-state index contributed by atoms with van der Waals surface area (Å²) in [6.07, 6.45) is 1.15. The summed E-state index contributed by atoms with van der Waals surface area (Å²) >= 11 is 0. The van der Waals surface area contributed by atoms with E-state index in [-0.39, 0.29) is 6.10 Å². The van der Waals surface area contributed by atoms with Crippen LogP contribution in [0, 0.1) is 0 Å². The summed E-state index contributed by atoms with van der Waals surface area (Å²) in [7, 11) is 0. The average Bonchev–Trinajstić information content (AvgIpc) is 2.25. The van der Waals surface area contributed by atoms with Crippen molar-refractivity contribution in [1.82, 2.24) is 0 Å². The van der Waals surface area contributed by atoms with Crippen LogP contribution < -0.4 is 10.5 Å².